The Morgan fingerprint density at radius 1 is 1.00 bits per heavy atom. The zero-order chi connectivity index (χ0) is 22.3. The van der Waals surface area contributed by atoms with Crippen LogP contribution in [0.3, 0.4) is 0 Å². The molecule has 0 radical (unpaired) electrons. The summed E-state index contributed by atoms with van der Waals surface area (Å²) in [5.41, 5.74) is 3.10. The van der Waals surface area contributed by atoms with Gasteiger partial charge in [0.1, 0.15) is 18.2 Å². The number of ether oxygens (including phenoxy) is 1. The lowest BCUT2D eigenvalue weighted by atomic mass is 9.95. The minimum atomic E-state index is -0.392. The number of hydrogen-bond donors (Lipinski definition) is 2. The Hall–Kier alpha value is -3.67. The van der Waals surface area contributed by atoms with Gasteiger partial charge in [0.2, 0.25) is 5.91 Å². The van der Waals surface area contributed by atoms with E-state index in [0.29, 0.717) is 30.8 Å². The highest BCUT2D eigenvalue weighted by atomic mass is 19.1. The van der Waals surface area contributed by atoms with Crippen LogP contribution in [0.4, 0.5) is 10.1 Å². The van der Waals surface area contributed by atoms with Crippen molar-refractivity contribution in [3.63, 3.8) is 0 Å². The van der Waals surface area contributed by atoms with Gasteiger partial charge in [0.05, 0.1) is 5.92 Å². The molecule has 1 heterocycles. The van der Waals surface area contributed by atoms with Crippen molar-refractivity contribution in [3.05, 3.63) is 95.3 Å². The molecule has 1 aliphatic rings. The van der Waals surface area contributed by atoms with Crippen LogP contribution in [0.1, 0.15) is 27.9 Å². The molecule has 2 amide bonds. The number of hydrogen-bond acceptors (Lipinski definition) is 3. The first kappa shape index (κ1) is 21.6. The molecule has 164 valence electrons. The molecule has 1 aliphatic heterocycles. The van der Waals surface area contributed by atoms with E-state index in [1.165, 1.54) is 29.8 Å². The second kappa shape index (κ2) is 10.1. The summed E-state index contributed by atoms with van der Waals surface area (Å²) >= 11 is 0. The molecule has 0 bridgehead atoms. The van der Waals surface area contributed by atoms with Gasteiger partial charge < -0.3 is 15.4 Å². The van der Waals surface area contributed by atoms with E-state index in [1.807, 2.05) is 24.3 Å². The Morgan fingerprint density at radius 3 is 2.56 bits per heavy atom. The Balaban J connectivity index is 1.30. The molecule has 2 N–H and O–H groups in total. The fourth-order valence-corrected chi connectivity index (χ4v) is 3.74. The smallest absolute Gasteiger partial charge is 0.255 e. The Labute approximate surface area is 186 Å². The second-order valence-electron chi connectivity index (χ2n) is 7.88. The number of halogens is 1. The average Bonchev–Trinajstić information content (AvgIpc) is 2.82. The molecular formula is C26H25FN2O3. The summed E-state index contributed by atoms with van der Waals surface area (Å²) < 4.78 is 18.8. The van der Waals surface area contributed by atoms with Gasteiger partial charge in [-0.1, -0.05) is 30.3 Å². The number of amides is 2. The molecule has 3 aromatic rings. The lowest BCUT2D eigenvalue weighted by Crippen LogP contribution is -2.37. The first-order valence-corrected chi connectivity index (χ1v) is 10.7. The van der Waals surface area contributed by atoms with Crippen molar-refractivity contribution >= 4 is 17.5 Å². The number of fused-ring (bicyclic) bond motifs is 1. The maximum Gasteiger partial charge on any atom is 0.255 e. The molecule has 4 rings (SSSR count). The van der Waals surface area contributed by atoms with Crippen molar-refractivity contribution in [2.45, 2.75) is 19.3 Å². The normalized spacial score (nSPS) is 14.7. The lowest BCUT2D eigenvalue weighted by Gasteiger charge is -2.25. The number of nitrogens with one attached hydrogen (secondary N) is 2. The van der Waals surface area contributed by atoms with Crippen molar-refractivity contribution in [2.75, 3.05) is 18.5 Å². The van der Waals surface area contributed by atoms with Crippen molar-refractivity contribution in [3.8, 4) is 5.75 Å². The van der Waals surface area contributed by atoms with Gasteiger partial charge in [-0.15, -0.1) is 0 Å². The Kier molecular flexibility index (Phi) is 6.80. The van der Waals surface area contributed by atoms with E-state index < -0.39 is 5.82 Å². The van der Waals surface area contributed by atoms with Gasteiger partial charge in [0.25, 0.3) is 5.91 Å². The van der Waals surface area contributed by atoms with Crippen molar-refractivity contribution in [1.29, 1.82) is 0 Å². The molecule has 32 heavy (non-hydrogen) atoms. The zero-order valence-corrected chi connectivity index (χ0v) is 17.6. The molecule has 0 fully saturated rings. The predicted octanol–water partition coefficient (Wildman–Crippen LogP) is 4.38. The van der Waals surface area contributed by atoms with Crippen LogP contribution in [0.15, 0.2) is 72.8 Å². The lowest BCUT2D eigenvalue weighted by molar-refractivity contribution is -0.126. The third kappa shape index (κ3) is 5.52. The maximum atomic E-state index is 13.1. The summed E-state index contributed by atoms with van der Waals surface area (Å²) in [5.74, 6) is -0.295. The van der Waals surface area contributed by atoms with Crippen LogP contribution < -0.4 is 15.4 Å². The third-order valence-corrected chi connectivity index (χ3v) is 5.49. The molecule has 0 saturated carbocycles. The molecule has 0 unspecified atom stereocenters. The Morgan fingerprint density at radius 2 is 1.78 bits per heavy atom. The van der Waals surface area contributed by atoms with Crippen LogP contribution in [-0.4, -0.2) is 25.0 Å². The summed E-state index contributed by atoms with van der Waals surface area (Å²) in [4.78, 5) is 25.0. The minimum absolute atomic E-state index is 0.0236. The molecule has 0 aromatic heterocycles. The van der Waals surface area contributed by atoms with Crippen LogP contribution in [-0.2, 0) is 17.6 Å². The first-order valence-electron chi connectivity index (χ1n) is 10.7. The van der Waals surface area contributed by atoms with E-state index in [9.17, 15) is 14.0 Å². The maximum absolute atomic E-state index is 13.1. The molecule has 0 aliphatic carbocycles. The molecule has 5 nitrogen and oxygen atoms in total. The van der Waals surface area contributed by atoms with E-state index in [4.69, 9.17) is 4.74 Å². The van der Waals surface area contributed by atoms with E-state index >= 15 is 0 Å². The van der Waals surface area contributed by atoms with Crippen LogP contribution in [0, 0.1) is 11.7 Å². The largest absolute Gasteiger partial charge is 0.492 e. The van der Waals surface area contributed by atoms with E-state index in [1.54, 1.807) is 12.1 Å². The van der Waals surface area contributed by atoms with E-state index in [-0.39, 0.29) is 17.7 Å². The SMILES string of the molecule is O=C(Nc1ccc2c(c1)C[C@@H](C(=O)NCCCc1ccccc1)CO2)c1ccc(F)cc1. The molecule has 0 saturated heterocycles. The van der Waals surface area contributed by atoms with E-state index in [2.05, 4.69) is 22.8 Å². The van der Waals surface area contributed by atoms with E-state index in [0.717, 1.165) is 24.2 Å². The highest BCUT2D eigenvalue weighted by molar-refractivity contribution is 6.04. The van der Waals surface area contributed by atoms with Crippen LogP contribution in [0.25, 0.3) is 0 Å². The van der Waals surface area contributed by atoms with Gasteiger partial charge in [-0.3, -0.25) is 9.59 Å². The van der Waals surface area contributed by atoms with Gasteiger partial charge >= 0.3 is 0 Å². The quantitative estimate of drug-likeness (QED) is 0.545. The summed E-state index contributed by atoms with van der Waals surface area (Å²) in [5, 5.41) is 5.82. The molecule has 1 atom stereocenters. The Bertz CT molecular complexity index is 1080. The molecule has 6 heteroatoms. The summed E-state index contributed by atoms with van der Waals surface area (Å²) in [6.45, 7) is 0.948. The fourth-order valence-electron chi connectivity index (χ4n) is 3.74. The topological polar surface area (TPSA) is 67.4 Å². The average molecular weight is 432 g/mol. The standard InChI is InChI=1S/C26H25FN2O3/c27-22-10-8-19(9-11-22)26(31)29-23-12-13-24-20(16-23)15-21(17-32-24)25(30)28-14-4-7-18-5-2-1-3-6-18/h1-3,5-6,8-13,16,21H,4,7,14-15,17H2,(H,28,30)(H,29,31)/t21-/m1/s1. The highest BCUT2D eigenvalue weighted by Gasteiger charge is 2.26. The summed E-state index contributed by atoms with van der Waals surface area (Å²) in [6.07, 6.45) is 2.34. The fraction of sp³-hybridized carbons (Fsp3) is 0.231. The number of rotatable bonds is 7. The number of aryl methyl sites for hydroxylation is 1. The van der Waals surface area contributed by atoms with Gasteiger partial charge in [-0.05, 0) is 72.9 Å². The van der Waals surface area contributed by atoms with Crippen LogP contribution in [0.5, 0.6) is 5.75 Å². The molecule has 0 spiro atoms. The van der Waals surface area contributed by atoms with Crippen molar-refractivity contribution < 1.29 is 18.7 Å². The monoisotopic (exact) mass is 432 g/mol. The summed E-state index contributed by atoms with van der Waals surface area (Å²) in [7, 11) is 0. The molecular weight excluding hydrogens is 407 g/mol. The van der Waals surface area contributed by atoms with Gasteiger partial charge in [-0.2, -0.15) is 0 Å². The highest BCUT2D eigenvalue weighted by Crippen LogP contribution is 2.30. The number of carbonyl (C=O) groups excluding carboxylic acids is 2. The number of anilines is 1. The van der Waals surface area contributed by atoms with Gasteiger partial charge in [0.15, 0.2) is 0 Å². The number of carbonyl (C=O) groups is 2. The third-order valence-electron chi connectivity index (χ3n) is 5.49. The number of benzene rings is 3. The zero-order valence-electron chi connectivity index (χ0n) is 17.6. The van der Waals surface area contributed by atoms with Crippen molar-refractivity contribution in [2.24, 2.45) is 5.92 Å². The van der Waals surface area contributed by atoms with Crippen LogP contribution in [0.2, 0.25) is 0 Å². The van der Waals surface area contributed by atoms with Crippen LogP contribution >= 0.6 is 0 Å². The molecule has 3 aromatic carbocycles. The summed E-state index contributed by atoms with van der Waals surface area (Å²) in [6, 6.07) is 20.9. The van der Waals surface area contributed by atoms with Crippen molar-refractivity contribution in [1.82, 2.24) is 5.32 Å². The van der Waals surface area contributed by atoms with Gasteiger partial charge in [-0.25, -0.2) is 4.39 Å². The van der Waals surface area contributed by atoms with Gasteiger partial charge in [0, 0.05) is 17.8 Å². The predicted molar refractivity (Wildman–Crippen MR) is 121 cm³/mol. The second-order valence-corrected chi connectivity index (χ2v) is 7.88. The minimum Gasteiger partial charge on any atom is -0.492 e. The first-order chi connectivity index (χ1) is 15.6.